The average molecular weight is 207 g/mol. The maximum atomic E-state index is 4.49. The second-order valence-corrected chi connectivity index (χ2v) is 4.62. The zero-order valence-corrected chi connectivity index (χ0v) is 9.74. The number of nitrogens with zero attached hydrogens (tertiary/aromatic N) is 2. The number of rotatable bonds is 3. The first-order chi connectivity index (χ1) is 7.31. The van der Waals surface area contributed by atoms with E-state index in [1.807, 2.05) is 6.20 Å². The summed E-state index contributed by atoms with van der Waals surface area (Å²) in [5.74, 6) is 2.05. The maximum absolute atomic E-state index is 4.49. The van der Waals surface area contributed by atoms with Crippen molar-refractivity contribution in [1.82, 2.24) is 14.9 Å². The zero-order valence-electron chi connectivity index (χ0n) is 9.74. The summed E-state index contributed by atoms with van der Waals surface area (Å²) in [4.78, 5) is 4.49. The average Bonchev–Trinajstić information content (AvgIpc) is 2.66. The minimum absolute atomic E-state index is 0.468. The van der Waals surface area contributed by atoms with Crippen LogP contribution in [0.25, 0.3) is 0 Å². The molecule has 0 saturated carbocycles. The van der Waals surface area contributed by atoms with E-state index in [1.165, 1.54) is 25.1 Å². The van der Waals surface area contributed by atoms with E-state index < -0.39 is 0 Å². The van der Waals surface area contributed by atoms with E-state index in [0.29, 0.717) is 6.04 Å². The Kier molecular flexibility index (Phi) is 3.41. The summed E-state index contributed by atoms with van der Waals surface area (Å²) in [5.41, 5.74) is 0. The molecule has 1 aromatic heterocycles. The molecule has 0 radical (unpaired) electrons. The second-order valence-electron chi connectivity index (χ2n) is 4.62. The molecule has 1 fully saturated rings. The van der Waals surface area contributed by atoms with Crippen LogP contribution >= 0.6 is 0 Å². The van der Waals surface area contributed by atoms with Crippen LogP contribution in [-0.4, -0.2) is 16.1 Å². The first-order valence-electron chi connectivity index (χ1n) is 6.05. The molecule has 2 rings (SSSR count). The molecule has 1 aromatic rings. The van der Waals surface area contributed by atoms with Crippen molar-refractivity contribution in [2.24, 2.45) is 5.92 Å². The van der Waals surface area contributed by atoms with Gasteiger partial charge < -0.3 is 9.88 Å². The Morgan fingerprint density at radius 3 is 3.20 bits per heavy atom. The highest BCUT2D eigenvalue weighted by Crippen LogP contribution is 2.25. The van der Waals surface area contributed by atoms with Gasteiger partial charge in [-0.1, -0.05) is 13.8 Å². The van der Waals surface area contributed by atoms with Crippen molar-refractivity contribution >= 4 is 0 Å². The molecule has 3 nitrogen and oxygen atoms in total. The number of imidazole rings is 1. The summed E-state index contributed by atoms with van der Waals surface area (Å²) in [5, 5.41) is 3.57. The van der Waals surface area contributed by atoms with Crippen molar-refractivity contribution in [1.29, 1.82) is 0 Å². The summed E-state index contributed by atoms with van der Waals surface area (Å²) in [6.45, 7) is 6.76. The first-order valence-corrected chi connectivity index (χ1v) is 6.05. The van der Waals surface area contributed by atoms with Gasteiger partial charge in [-0.05, 0) is 31.7 Å². The summed E-state index contributed by atoms with van der Waals surface area (Å²) in [6, 6.07) is 0.468. The fourth-order valence-corrected chi connectivity index (χ4v) is 2.37. The molecule has 2 unspecified atom stereocenters. The largest absolute Gasteiger partial charge is 0.334 e. The lowest BCUT2D eigenvalue weighted by Gasteiger charge is -2.28. The molecular formula is C12H21N3. The highest BCUT2D eigenvalue weighted by atomic mass is 15.1. The molecule has 3 heteroatoms. The Labute approximate surface area is 91.9 Å². The number of nitrogens with one attached hydrogen (secondary N) is 1. The molecule has 1 N–H and O–H groups in total. The Hall–Kier alpha value is -0.830. The number of aromatic nitrogens is 2. The number of hydrogen-bond acceptors (Lipinski definition) is 2. The molecule has 1 aliphatic rings. The van der Waals surface area contributed by atoms with Gasteiger partial charge in [0.05, 0.1) is 6.04 Å². The molecule has 2 atom stereocenters. The Bertz CT molecular complexity index is 306. The maximum Gasteiger partial charge on any atom is 0.125 e. The molecular weight excluding hydrogens is 186 g/mol. The fourth-order valence-electron chi connectivity index (χ4n) is 2.37. The highest BCUT2D eigenvalue weighted by Gasteiger charge is 2.22. The summed E-state index contributed by atoms with van der Waals surface area (Å²) in [7, 11) is 0. The summed E-state index contributed by atoms with van der Waals surface area (Å²) < 4.78 is 2.29. The lowest BCUT2D eigenvalue weighted by molar-refractivity contribution is 0.309. The fraction of sp³-hybridized carbons (Fsp3) is 0.750. The zero-order chi connectivity index (χ0) is 10.7. The lowest BCUT2D eigenvalue weighted by atomic mass is 9.94. The molecule has 2 heterocycles. The van der Waals surface area contributed by atoms with E-state index in [2.05, 4.69) is 34.9 Å². The van der Waals surface area contributed by atoms with Crippen LogP contribution < -0.4 is 5.32 Å². The summed E-state index contributed by atoms with van der Waals surface area (Å²) >= 11 is 0. The van der Waals surface area contributed by atoms with Gasteiger partial charge in [0.1, 0.15) is 5.82 Å². The third-order valence-corrected chi connectivity index (χ3v) is 3.19. The van der Waals surface area contributed by atoms with Crippen molar-refractivity contribution in [3.05, 3.63) is 18.2 Å². The number of aryl methyl sites for hydroxylation is 1. The monoisotopic (exact) mass is 207 g/mol. The highest BCUT2D eigenvalue weighted by molar-refractivity contribution is 5.01. The van der Waals surface area contributed by atoms with E-state index in [9.17, 15) is 0 Å². The van der Waals surface area contributed by atoms with Crippen LogP contribution in [0.1, 0.15) is 45.0 Å². The number of piperidine rings is 1. The Balaban J connectivity index is 2.10. The topological polar surface area (TPSA) is 29.9 Å². The van der Waals surface area contributed by atoms with Crippen molar-refractivity contribution < 1.29 is 0 Å². The molecule has 1 aliphatic heterocycles. The normalized spacial score (nSPS) is 26.8. The minimum atomic E-state index is 0.468. The van der Waals surface area contributed by atoms with E-state index in [4.69, 9.17) is 0 Å². The smallest absolute Gasteiger partial charge is 0.125 e. The number of hydrogen-bond donors (Lipinski definition) is 1. The minimum Gasteiger partial charge on any atom is -0.334 e. The molecule has 0 aliphatic carbocycles. The van der Waals surface area contributed by atoms with E-state index in [-0.39, 0.29) is 0 Å². The molecule has 84 valence electrons. The predicted molar refractivity (Wildman–Crippen MR) is 61.7 cm³/mol. The van der Waals surface area contributed by atoms with Gasteiger partial charge in [-0.3, -0.25) is 0 Å². The van der Waals surface area contributed by atoms with Gasteiger partial charge >= 0.3 is 0 Å². The van der Waals surface area contributed by atoms with Gasteiger partial charge in [0, 0.05) is 18.9 Å². The quantitative estimate of drug-likeness (QED) is 0.824. The summed E-state index contributed by atoms with van der Waals surface area (Å²) in [6.07, 6.45) is 7.71. The molecule has 0 aromatic carbocycles. The molecule has 15 heavy (non-hydrogen) atoms. The molecule has 0 bridgehead atoms. The second kappa shape index (κ2) is 4.79. The van der Waals surface area contributed by atoms with Gasteiger partial charge in [0.2, 0.25) is 0 Å². The van der Waals surface area contributed by atoms with Crippen molar-refractivity contribution in [3.8, 4) is 0 Å². The van der Waals surface area contributed by atoms with Crippen LogP contribution in [0.4, 0.5) is 0 Å². The third-order valence-electron chi connectivity index (χ3n) is 3.19. The van der Waals surface area contributed by atoms with Crippen molar-refractivity contribution in [3.63, 3.8) is 0 Å². The van der Waals surface area contributed by atoms with Crippen LogP contribution in [-0.2, 0) is 6.54 Å². The predicted octanol–water partition coefficient (Wildman–Crippen LogP) is 2.35. The SMILES string of the molecule is CCCn1ccnc1C1CC(C)CCN1. The van der Waals surface area contributed by atoms with Crippen LogP contribution in [0.15, 0.2) is 12.4 Å². The van der Waals surface area contributed by atoms with Gasteiger partial charge in [0.15, 0.2) is 0 Å². The van der Waals surface area contributed by atoms with Crippen LogP contribution in [0.5, 0.6) is 0 Å². The van der Waals surface area contributed by atoms with Crippen molar-refractivity contribution in [2.45, 2.75) is 45.7 Å². The Morgan fingerprint density at radius 2 is 2.47 bits per heavy atom. The van der Waals surface area contributed by atoms with E-state index >= 15 is 0 Å². The first kappa shape index (κ1) is 10.7. The van der Waals surface area contributed by atoms with Gasteiger partial charge in [0.25, 0.3) is 0 Å². The molecule has 0 amide bonds. The van der Waals surface area contributed by atoms with Crippen LogP contribution in [0, 0.1) is 5.92 Å². The molecule has 1 saturated heterocycles. The van der Waals surface area contributed by atoms with E-state index in [0.717, 1.165) is 19.0 Å². The van der Waals surface area contributed by atoms with Crippen LogP contribution in [0.3, 0.4) is 0 Å². The van der Waals surface area contributed by atoms with E-state index in [1.54, 1.807) is 0 Å². The Morgan fingerprint density at radius 1 is 1.60 bits per heavy atom. The standard InChI is InChI=1S/C12H21N3/c1-3-7-15-8-6-14-12(15)11-9-10(2)4-5-13-11/h6,8,10-11,13H,3-5,7,9H2,1-2H3. The van der Waals surface area contributed by atoms with Gasteiger partial charge in [-0.25, -0.2) is 4.98 Å². The third kappa shape index (κ3) is 2.40. The lowest BCUT2D eigenvalue weighted by Crippen LogP contribution is -2.32. The molecule has 0 spiro atoms. The van der Waals surface area contributed by atoms with Crippen molar-refractivity contribution in [2.75, 3.05) is 6.54 Å². The van der Waals surface area contributed by atoms with Gasteiger partial charge in [-0.15, -0.1) is 0 Å². The van der Waals surface area contributed by atoms with Gasteiger partial charge in [-0.2, -0.15) is 0 Å². The van der Waals surface area contributed by atoms with Crippen LogP contribution in [0.2, 0.25) is 0 Å².